The average Bonchev–Trinajstić information content (AvgIpc) is 2.97. The fourth-order valence-electron chi connectivity index (χ4n) is 4.36. The lowest BCUT2D eigenvalue weighted by Crippen LogP contribution is -2.39. The standard InChI is InChI=1S/C21H33N3/c1-15(12-21(2,3)4)24-11-7-8-16(14-24)20-17-9-6-10-19(22-5)18(17)13-23-20/h6,9-10,16,20,22-23H,1,7-8,11-14H2,2-5H3. The summed E-state index contributed by atoms with van der Waals surface area (Å²) < 4.78 is 0. The molecule has 1 saturated heterocycles. The van der Waals surface area contributed by atoms with Crippen LogP contribution >= 0.6 is 0 Å². The maximum Gasteiger partial charge on any atom is 0.0386 e. The van der Waals surface area contributed by atoms with Crippen LogP contribution in [0.1, 0.15) is 57.2 Å². The molecule has 2 heterocycles. The van der Waals surface area contributed by atoms with Gasteiger partial charge in [0, 0.05) is 44.1 Å². The van der Waals surface area contributed by atoms with Gasteiger partial charge in [-0.25, -0.2) is 0 Å². The molecule has 0 saturated carbocycles. The summed E-state index contributed by atoms with van der Waals surface area (Å²) in [4.78, 5) is 2.54. The van der Waals surface area contributed by atoms with Gasteiger partial charge in [0.05, 0.1) is 0 Å². The van der Waals surface area contributed by atoms with E-state index in [1.54, 1.807) is 0 Å². The minimum absolute atomic E-state index is 0.309. The van der Waals surface area contributed by atoms with Crippen molar-refractivity contribution in [1.29, 1.82) is 0 Å². The van der Waals surface area contributed by atoms with E-state index in [9.17, 15) is 0 Å². The van der Waals surface area contributed by atoms with Crippen LogP contribution < -0.4 is 10.6 Å². The monoisotopic (exact) mass is 327 g/mol. The quantitative estimate of drug-likeness (QED) is 0.850. The molecule has 1 fully saturated rings. The van der Waals surface area contributed by atoms with Crippen LogP contribution in [0.5, 0.6) is 0 Å². The molecular formula is C21H33N3. The summed E-state index contributed by atoms with van der Waals surface area (Å²) in [5.41, 5.74) is 5.84. The molecule has 2 aliphatic rings. The summed E-state index contributed by atoms with van der Waals surface area (Å²) >= 11 is 0. The highest BCUT2D eigenvalue weighted by molar-refractivity contribution is 5.57. The number of anilines is 1. The lowest BCUT2D eigenvalue weighted by atomic mass is 9.85. The van der Waals surface area contributed by atoms with Crippen molar-refractivity contribution in [3.8, 4) is 0 Å². The number of nitrogens with one attached hydrogen (secondary N) is 2. The molecule has 1 aromatic carbocycles. The molecule has 0 spiro atoms. The molecule has 2 N–H and O–H groups in total. The Morgan fingerprint density at radius 2 is 2.17 bits per heavy atom. The van der Waals surface area contributed by atoms with Crippen molar-refractivity contribution in [1.82, 2.24) is 10.2 Å². The molecule has 0 amide bonds. The topological polar surface area (TPSA) is 27.3 Å². The zero-order valence-corrected chi connectivity index (χ0v) is 15.8. The Labute approximate surface area is 147 Å². The first-order valence-corrected chi connectivity index (χ1v) is 9.35. The van der Waals surface area contributed by atoms with Gasteiger partial charge in [-0.15, -0.1) is 0 Å². The number of fused-ring (bicyclic) bond motifs is 1. The predicted molar refractivity (Wildman–Crippen MR) is 103 cm³/mol. The smallest absolute Gasteiger partial charge is 0.0386 e. The van der Waals surface area contributed by atoms with Crippen LogP contribution in [0.4, 0.5) is 5.69 Å². The molecule has 0 aromatic heterocycles. The van der Waals surface area contributed by atoms with Crippen LogP contribution in [-0.4, -0.2) is 25.0 Å². The van der Waals surface area contributed by atoms with Gasteiger partial charge in [-0.2, -0.15) is 0 Å². The second kappa shape index (κ2) is 6.79. The number of rotatable bonds is 4. The van der Waals surface area contributed by atoms with Crippen molar-refractivity contribution in [3.05, 3.63) is 41.6 Å². The van der Waals surface area contributed by atoms with Crippen LogP contribution in [-0.2, 0) is 6.54 Å². The number of likely N-dealkylation sites (tertiary alicyclic amines) is 1. The summed E-state index contributed by atoms with van der Waals surface area (Å²) in [6, 6.07) is 7.16. The van der Waals surface area contributed by atoms with Crippen molar-refractivity contribution in [2.45, 2.75) is 52.6 Å². The molecule has 2 atom stereocenters. The third-order valence-electron chi connectivity index (χ3n) is 5.43. The van der Waals surface area contributed by atoms with Crippen molar-refractivity contribution in [3.63, 3.8) is 0 Å². The summed E-state index contributed by atoms with van der Waals surface area (Å²) in [5.74, 6) is 0.670. The van der Waals surface area contributed by atoms with Crippen LogP contribution in [0.25, 0.3) is 0 Å². The van der Waals surface area contributed by atoms with E-state index >= 15 is 0 Å². The van der Waals surface area contributed by atoms with E-state index in [1.807, 2.05) is 7.05 Å². The average molecular weight is 328 g/mol. The molecule has 0 radical (unpaired) electrons. The van der Waals surface area contributed by atoms with Gasteiger partial charge < -0.3 is 15.5 Å². The van der Waals surface area contributed by atoms with Crippen molar-refractivity contribution >= 4 is 5.69 Å². The van der Waals surface area contributed by atoms with Crippen LogP contribution in [0.2, 0.25) is 0 Å². The molecule has 1 aromatic rings. The van der Waals surface area contributed by atoms with Gasteiger partial charge in [0.1, 0.15) is 0 Å². The number of allylic oxidation sites excluding steroid dienone is 1. The first kappa shape index (κ1) is 17.3. The molecule has 24 heavy (non-hydrogen) atoms. The van der Waals surface area contributed by atoms with E-state index in [0.717, 1.165) is 19.5 Å². The third-order valence-corrected chi connectivity index (χ3v) is 5.43. The van der Waals surface area contributed by atoms with E-state index in [1.165, 1.54) is 41.9 Å². The zero-order valence-electron chi connectivity index (χ0n) is 15.8. The maximum atomic E-state index is 4.39. The molecular weight excluding hydrogens is 294 g/mol. The predicted octanol–water partition coefficient (Wildman–Crippen LogP) is 4.53. The van der Waals surface area contributed by atoms with Gasteiger partial charge in [-0.1, -0.05) is 39.5 Å². The van der Waals surface area contributed by atoms with E-state index in [-0.39, 0.29) is 0 Å². The first-order valence-electron chi connectivity index (χ1n) is 9.35. The lowest BCUT2D eigenvalue weighted by molar-refractivity contribution is 0.171. The van der Waals surface area contributed by atoms with Crippen molar-refractivity contribution in [2.24, 2.45) is 11.3 Å². The molecule has 132 valence electrons. The largest absolute Gasteiger partial charge is 0.388 e. The van der Waals surface area contributed by atoms with Gasteiger partial charge in [0.25, 0.3) is 0 Å². The van der Waals surface area contributed by atoms with Crippen LogP contribution in [0.15, 0.2) is 30.5 Å². The second-order valence-electron chi connectivity index (χ2n) is 8.63. The van der Waals surface area contributed by atoms with E-state index in [2.05, 4.69) is 61.1 Å². The third kappa shape index (κ3) is 3.61. The SMILES string of the molecule is C=C(CC(C)(C)C)N1CCCC(C2NCc3c(NC)cccc32)C1. The van der Waals surface area contributed by atoms with Crippen molar-refractivity contribution in [2.75, 3.05) is 25.5 Å². The maximum absolute atomic E-state index is 4.39. The molecule has 3 nitrogen and oxygen atoms in total. The van der Waals surface area contributed by atoms with Gasteiger partial charge in [0.15, 0.2) is 0 Å². The number of piperidine rings is 1. The van der Waals surface area contributed by atoms with Crippen LogP contribution in [0.3, 0.4) is 0 Å². The van der Waals surface area contributed by atoms with E-state index in [4.69, 9.17) is 0 Å². The Morgan fingerprint density at radius 3 is 2.88 bits per heavy atom. The van der Waals surface area contributed by atoms with E-state index in [0.29, 0.717) is 17.4 Å². The Bertz CT molecular complexity index is 600. The zero-order chi connectivity index (χ0) is 17.3. The van der Waals surface area contributed by atoms with Crippen molar-refractivity contribution < 1.29 is 0 Å². The lowest BCUT2D eigenvalue weighted by Gasteiger charge is -2.39. The summed E-state index contributed by atoms with van der Waals surface area (Å²) in [7, 11) is 2.02. The Hall–Kier alpha value is -1.48. The number of hydrogen-bond donors (Lipinski definition) is 2. The minimum Gasteiger partial charge on any atom is -0.388 e. The fourth-order valence-corrected chi connectivity index (χ4v) is 4.36. The Balaban J connectivity index is 1.72. The van der Waals surface area contributed by atoms with Gasteiger partial charge in [-0.3, -0.25) is 0 Å². The second-order valence-corrected chi connectivity index (χ2v) is 8.63. The molecule has 0 aliphatic carbocycles. The minimum atomic E-state index is 0.309. The van der Waals surface area contributed by atoms with Gasteiger partial charge in [0.2, 0.25) is 0 Å². The van der Waals surface area contributed by atoms with E-state index < -0.39 is 0 Å². The molecule has 2 aliphatic heterocycles. The number of hydrogen-bond acceptors (Lipinski definition) is 3. The number of nitrogens with zero attached hydrogens (tertiary/aromatic N) is 1. The van der Waals surface area contributed by atoms with Gasteiger partial charge in [-0.05, 0) is 47.8 Å². The fraction of sp³-hybridized carbons (Fsp3) is 0.619. The molecule has 3 rings (SSSR count). The number of benzene rings is 1. The highest BCUT2D eigenvalue weighted by Gasteiger charge is 2.34. The molecule has 3 heteroatoms. The normalized spacial score (nSPS) is 23.9. The molecule has 0 bridgehead atoms. The highest BCUT2D eigenvalue weighted by atomic mass is 15.2. The highest BCUT2D eigenvalue weighted by Crippen LogP contribution is 2.39. The first-order chi connectivity index (χ1) is 11.4. The Morgan fingerprint density at radius 1 is 1.38 bits per heavy atom. The van der Waals surface area contributed by atoms with Crippen LogP contribution in [0, 0.1) is 11.3 Å². The van der Waals surface area contributed by atoms with Gasteiger partial charge >= 0.3 is 0 Å². The summed E-state index contributed by atoms with van der Waals surface area (Å²) in [6.45, 7) is 14.6. The summed E-state index contributed by atoms with van der Waals surface area (Å²) in [6.07, 6.45) is 3.66. The Kier molecular flexibility index (Phi) is 4.91. The molecule has 2 unspecified atom stereocenters. The summed E-state index contributed by atoms with van der Waals surface area (Å²) in [5, 5.41) is 7.12.